The quantitative estimate of drug-likeness (QED) is 0.794. The van der Waals surface area contributed by atoms with Gasteiger partial charge in [-0.25, -0.2) is 4.79 Å². The van der Waals surface area contributed by atoms with Crippen LogP contribution >= 0.6 is 0 Å². The number of carbonyl (C=O) groups is 1. The molecule has 1 atom stereocenters. The first-order valence-electron chi connectivity index (χ1n) is 6.76. The van der Waals surface area contributed by atoms with Crippen LogP contribution in [0.5, 0.6) is 0 Å². The highest BCUT2D eigenvalue weighted by Gasteiger charge is 2.16. The number of hydrogen-bond acceptors (Lipinski definition) is 4. The maximum atomic E-state index is 11.6. The summed E-state index contributed by atoms with van der Waals surface area (Å²) in [5.41, 5.74) is 1.87. The Morgan fingerprint density at radius 3 is 2.00 bits per heavy atom. The summed E-state index contributed by atoms with van der Waals surface area (Å²) in [5, 5.41) is 9.67. The number of benzene rings is 2. The fourth-order valence-corrected chi connectivity index (χ4v) is 1.76. The number of hydrogen-bond donors (Lipinski definition) is 1. The van der Waals surface area contributed by atoms with E-state index in [1.165, 1.54) is 0 Å². The lowest BCUT2D eigenvalue weighted by Gasteiger charge is -2.11. The van der Waals surface area contributed by atoms with Crippen molar-refractivity contribution in [1.82, 2.24) is 0 Å². The van der Waals surface area contributed by atoms with E-state index in [4.69, 9.17) is 9.47 Å². The number of carbonyl (C=O) groups excluding carboxylic acids is 1. The second-order valence-electron chi connectivity index (χ2n) is 4.61. The maximum absolute atomic E-state index is 11.6. The number of ether oxygens (including phenoxy) is 2. The molecule has 0 aromatic heterocycles. The number of rotatable bonds is 7. The Morgan fingerprint density at radius 2 is 1.43 bits per heavy atom. The SMILES string of the molecule is O=C(OCc1ccccc1)C(O)COCc1ccccc1. The summed E-state index contributed by atoms with van der Waals surface area (Å²) < 4.78 is 10.3. The van der Waals surface area contributed by atoms with Crippen molar-refractivity contribution in [3.8, 4) is 0 Å². The molecule has 0 heterocycles. The van der Waals surface area contributed by atoms with Crippen LogP contribution in [0.4, 0.5) is 0 Å². The highest BCUT2D eigenvalue weighted by atomic mass is 16.6. The summed E-state index contributed by atoms with van der Waals surface area (Å²) in [5.74, 6) is -0.674. The van der Waals surface area contributed by atoms with Gasteiger partial charge in [0.05, 0.1) is 13.2 Å². The molecule has 0 amide bonds. The third-order valence-electron chi connectivity index (χ3n) is 2.88. The van der Waals surface area contributed by atoms with Gasteiger partial charge in [0.1, 0.15) is 6.61 Å². The van der Waals surface area contributed by atoms with Crippen LogP contribution in [0.1, 0.15) is 11.1 Å². The van der Waals surface area contributed by atoms with Crippen molar-refractivity contribution in [2.24, 2.45) is 0 Å². The summed E-state index contributed by atoms with van der Waals surface area (Å²) in [6.45, 7) is 0.418. The Kier molecular flexibility index (Phi) is 5.94. The lowest BCUT2D eigenvalue weighted by molar-refractivity contribution is -0.158. The molecule has 21 heavy (non-hydrogen) atoms. The normalized spacial score (nSPS) is 11.9. The van der Waals surface area contributed by atoms with Gasteiger partial charge in [0.25, 0.3) is 0 Å². The molecule has 4 nitrogen and oxygen atoms in total. The minimum absolute atomic E-state index is 0.0808. The molecule has 2 rings (SSSR count). The first-order chi connectivity index (χ1) is 10.3. The van der Waals surface area contributed by atoms with Gasteiger partial charge >= 0.3 is 5.97 Å². The molecule has 0 saturated heterocycles. The van der Waals surface area contributed by atoms with Gasteiger partial charge in [-0.05, 0) is 11.1 Å². The number of esters is 1. The molecule has 110 valence electrons. The Hall–Kier alpha value is -2.17. The Morgan fingerprint density at radius 1 is 0.905 bits per heavy atom. The topological polar surface area (TPSA) is 55.8 Å². The van der Waals surface area contributed by atoms with Crippen molar-refractivity contribution in [3.63, 3.8) is 0 Å². The fourth-order valence-electron chi connectivity index (χ4n) is 1.76. The molecule has 0 radical (unpaired) electrons. The maximum Gasteiger partial charge on any atom is 0.337 e. The van der Waals surface area contributed by atoms with Crippen molar-refractivity contribution in [2.45, 2.75) is 19.3 Å². The van der Waals surface area contributed by atoms with Gasteiger partial charge in [-0.2, -0.15) is 0 Å². The van der Waals surface area contributed by atoms with Gasteiger partial charge in [0.2, 0.25) is 0 Å². The average Bonchev–Trinajstić information content (AvgIpc) is 2.54. The van der Waals surface area contributed by atoms with Crippen LogP contribution in [-0.4, -0.2) is 23.8 Å². The molecule has 1 unspecified atom stereocenters. The van der Waals surface area contributed by atoms with Crippen LogP contribution in [0.15, 0.2) is 60.7 Å². The average molecular weight is 286 g/mol. The molecular formula is C17H18O4. The second kappa shape index (κ2) is 8.19. The lowest BCUT2D eigenvalue weighted by Crippen LogP contribution is -2.27. The molecule has 2 aromatic rings. The van der Waals surface area contributed by atoms with Gasteiger partial charge in [-0.3, -0.25) is 0 Å². The summed E-state index contributed by atoms with van der Waals surface area (Å²) in [4.78, 5) is 11.6. The van der Waals surface area contributed by atoms with Crippen LogP contribution in [-0.2, 0) is 27.5 Å². The van der Waals surface area contributed by atoms with Gasteiger partial charge in [0.15, 0.2) is 6.10 Å². The molecule has 0 bridgehead atoms. The molecule has 0 aliphatic carbocycles. The van der Waals surface area contributed by atoms with E-state index >= 15 is 0 Å². The molecule has 2 aromatic carbocycles. The van der Waals surface area contributed by atoms with Crippen LogP contribution in [0.3, 0.4) is 0 Å². The Balaban J connectivity index is 1.68. The Labute approximate surface area is 123 Å². The van der Waals surface area contributed by atoms with Crippen molar-refractivity contribution in [3.05, 3.63) is 71.8 Å². The van der Waals surface area contributed by atoms with E-state index in [1.54, 1.807) is 0 Å². The molecule has 0 saturated carbocycles. The van der Waals surface area contributed by atoms with Crippen LogP contribution < -0.4 is 0 Å². The van der Waals surface area contributed by atoms with E-state index in [1.807, 2.05) is 60.7 Å². The zero-order valence-electron chi connectivity index (χ0n) is 11.6. The molecule has 0 aliphatic rings. The molecule has 0 fully saturated rings. The summed E-state index contributed by atoms with van der Waals surface area (Å²) in [7, 11) is 0. The Bertz CT molecular complexity index is 539. The monoisotopic (exact) mass is 286 g/mol. The van der Waals surface area contributed by atoms with Crippen molar-refractivity contribution >= 4 is 5.97 Å². The van der Waals surface area contributed by atoms with Crippen molar-refractivity contribution in [2.75, 3.05) is 6.61 Å². The van der Waals surface area contributed by atoms with Crippen molar-refractivity contribution < 1.29 is 19.4 Å². The van der Waals surface area contributed by atoms with Crippen LogP contribution in [0.2, 0.25) is 0 Å². The van der Waals surface area contributed by atoms with E-state index in [9.17, 15) is 9.90 Å². The minimum Gasteiger partial charge on any atom is -0.459 e. The van der Waals surface area contributed by atoms with E-state index in [2.05, 4.69) is 0 Å². The van der Waals surface area contributed by atoms with Crippen LogP contribution in [0.25, 0.3) is 0 Å². The van der Waals surface area contributed by atoms with Gasteiger partial charge in [-0.15, -0.1) is 0 Å². The first kappa shape index (κ1) is 15.2. The van der Waals surface area contributed by atoms with Crippen LogP contribution in [0, 0.1) is 0 Å². The van der Waals surface area contributed by atoms with E-state index in [0.29, 0.717) is 6.61 Å². The van der Waals surface area contributed by atoms with E-state index in [-0.39, 0.29) is 13.2 Å². The van der Waals surface area contributed by atoms with Gasteiger partial charge in [-0.1, -0.05) is 60.7 Å². The van der Waals surface area contributed by atoms with E-state index in [0.717, 1.165) is 11.1 Å². The summed E-state index contributed by atoms with van der Waals surface area (Å²) in [6, 6.07) is 18.9. The fraction of sp³-hybridized carbons (Fsp3) is 0.235. The first-order valence-corrected chi connectivity index (χ1v) is 6.76. The molecule has 1 N–H and O–H groups in total. The lowest BCUT2D eigenvalue weighted by atomic mass is 10.2. The summed E-state index contributed by atoms with van der Waals surface area (Å²) in [6.07, 6.45) is -1.27. The smallest absolute Gasteiger partial charge is 0.337 e. The largest absolute Gasteiger partial charge is 0.459 e. The van der Waals surface area contributed by atoms with Gasteiger partial charge in [0, 0.05) is 0 Å². The molecule has 0 spiro atoms. The number of aliphatic hydroxyl groups is 1. The molecule has 0 aliphatic heterocycles. The summed E-state index contributed by atoms with van der Waals surface area (Å²) >= 11 is 0. The third-order valence-corrected chi connectivity index (χ3v) is 2.88. The molecular weight excluding hydrogens is 268 g/mol. The highest BCUT2D eigenvalue weighted by molar-refractivity contribution is 5.74. The highest BCUT2D eigenvalue weighted by Crippen LogP contribution is 2.04. The van der Waals surface area contributed by atoms with Gasteiger partial charge < -0.3 is 14.6 Å². The third kappa shape index (κ3) is 5.38. The zero-order chi connectivity index (χ0) is 14.9. The zero-order valence-corrected chi connectivity index (χ0v) is 11.6. The minimum atomic E-state index is -1.27. The second-order valence-corrected chi connectivity index (χ2v) is 4.61. The van der Waals surface area contributed by atoms with Crippen molar-refractivity contribution in [1.29, 1.82) is 0 Å². The predicted molar refractivity (Wildman–Crippen MR) is 78.3 cm³/mol. The number of aliphatic hydroxyl groups excluding tert-OH is 1. The van der Waals surface area contributed by atoms with E-state index < -0.39 is 12.1 Å². The predicted octanol–water partition coefficient (Wildman–Crippen LogP) is 2.31. The molecule has 4 heteroatoms. The standard InChI is InChI=1S/C17H18O4/c18-16(13-20-11-14-7-3-1-4-8-14)17(19)21-12-15-9-5-2-6-10-15/h1-10,16,18H,11-13H2.